The molecule has 2 rings (SSSR count). The Kier molecular flexibility index (Phi) is 6.43. The number of rotatable bonds is 5. The van der Waals surface area contributed by atoms with E-state index < -0.39 is 0 Å². The summed E-state index contributed by atoms with van der Waals surface area (Å²) in [5, 5.41) is 4.13. The van der Waals surface area contributed by atoms with E-state index in [0.717, 1.165) is 61.7 Å². The van der Waals surface area contributed by atoms with Crippen LogP contribution < -0.4 is 10.1 Å². The molecule has 122 valence electrons. The summed E-state index contributed by atoms with van der Waals surface area (Å²) in [6.45, 7) is 4.95. The molecule has 0 unspecified atom stereocenters. The number of methoxy groups -OCH3 is 1. The molecule has 0 aliphatic carbocycles. The molecule has 1 N–H and O–H groups in total. The van der Waals surface area contributed by atoms with Gasteiger partial charge in [-0.1, -0.05) is 6.92 Å². The van der Waals surface area contributed by atoms with E-state index in [-0.39, 0.29) is 5.82 Å². The van der Waals surface area contributed by atoms with Crippen molar-refractivity contribution < 1.29 is 9.13 Å². The van der Waals surface area contributed by atoms with Gasteiger partial charge in [-0.15, -0.1) is 0 Å². The number of nitrogens with zero attached hydrogens (tertiary/aromatic N) is 1. The minimum Gasteiger partial charge on any atom is -0.497 e. The summed E-state index contributed by atoms with van der Waals surface area (Å²) >= 11 is 5.40. The van der Waals surface area contributed by atoms with Gasteiger partial charge in [0.05, 0.1) is 7.11 Å². The van der Waals surface area contributed by atoms with Crippen LogP contribution in [0.25, 0.3) is 0 Å². The Morgan fingerprint density at radius 2 is 2.14 bits per heavy atom. The highest BCUT2D eigenvalue weighted by Crippen LogP contribution is 2.25. The van der Waals surface area contributed by atoms with Crippen LogP contribution in [0.4, 0.5) is 4.39 Å². The van der Waals surface area contributed by atoms with Crippen molar-refractivity contribution in [2.24, 2.45) is 5.92 Å². The van der Waals surface area contributed by atoms with Crippen LogP contribution in [0.1, 0.15) is 31.7 Å². The first-order valence-corrected chi connectivity index (χ1v) is 8.40. The smallest absolute Gasteiger partial charge is 0.168 e. The second-order valence-corrected chi connectivity index (χ2v) is 6.21. The van der Waals surface area contributed by atoms with E-state index >= 15 is 0 Å². The number of hydrogen-bond donors (Lipinski definition) is 1. The van der Waals surface area contributed by atoms with E-state index in [0.29, 0.717) is 5.92 Å². The van der Waals surface area contributed by atoms with Crippen molar-refractivity contribution >= 4 is 17.3 Å². The Bertz CT molecular complexity index is 501. The van der Waals surface area contributed by atoms with Crippen molar-refractivity contribution in [3.8, 4) is 5.75 Å². The van der Waals surface area contributed by atoms with Crippen LogP contribution in [0.2, 0.25) is 0 Å². The molecule has 1 aromatic carbocycles. The van der Waals surface area contributed by atoms with Crippen LogP contribution in [0, 0.1) is 11.7 Å². The van der Waals surface area contributed by atoms with Crippen LogP contribution in [-0.2, 0) is 6.42 Å². The molecule has 3 nitrogen and oxygen atoms in total. The van der Waals surface area contributed by atoms with E-state index in [9.17, 15) is 4.39 Å². The van der Waals surface area contributed by atoms with Gasteiger partial charge in [0, 0.05) is 19.6 Å². The lowest BCUT2D eigenvalue weighted by Gasteiger charge is -2.34. The van der Waals surface area contributed by atoms with Crippen molar-refractivity contribution in [1.29, 1.82) is 0 Å². The van der Waals surface area contributed by atoms with Crippen molar-refractivity contribution in [2.45, 2.75) is 32.6 Å². The van der Waals surface area contributed by atoms with Crippen LogP contribution in [0.3, 0.4) is 0 Å². The molecule has 0 bridgehead atoms. The molecule has 0 saturated carbocycles. The first kappa shape index (κ1) is 17.0. The molecule has 0 amide bonds. The fraction of sp³-hybridized carbons (Fsp3) is 0.588. The number of nitrogens with one attached hydrogen (secondary N) is 1. The van der Waals surface area contributed by atoms with Gasteiger partial charge in [-0.3, -0.25) is 0 Å². The summed E-state index contributed by atoms with van der Waals surface area (Å²) in [5.74, 6) is 1.09. The third-order valence-electron chi connectivity index (χ3n) is 4.19. The molecular formula is C17H25FN2OS. The van der Waals surface area contributed by atoms with Gasteiger partial charge >= 0.3 is 0 Å². The highest BCUT2D eigenvalue weighted by Gasteiger charge is 2.22. The Balaban J connectivity index is 1.86. The molecule has 1 saturated heterocycles. The number of piperidine rings is 1. The second kappa shape index (κ2) is 8.32. The first-order valence-electron chi connectivity index (χ1n) is 7.99. The zero-order chi connectivity index (χ0) is 15.9. The second-order valence-electron chi connectivity index (χ2n) is 5.82. The zero-order valence-corrected chi connectivity index (χ0v) is 14.2. The molecule has 0 spiro atoms. The maximum atomic E-state index is 13.9. The quantitative estimate of drug-likeness (QED) is 0.839. The average Bonchev–Trinajstić information content (AvgIpc) is 2.55. The number of thiocarbonyl (C=S) groups is 1. The SMILES string of the molecule is CCCNC(=S)N1CCC(Cc2cc(OC)ccc2F)CC1. The van der Waals surface area contributed by atoms with Gasteiger partial charge in [-0.25, -0.2) is 4.39 Å². The van der Waals surface area contributed by atoms with Gasteiger partial charge in [0.1, 0.15) is 11.6 Å². The van der Waals surface area contributed by atoms with Crippen molar-refractivity contribution in [3.63, 3.8) is 0 Å². The van der Waals surface area contributed by atoms with Gasteiger partial charge < -0.3 is 15.0 Å². The average molecular weight is 324 g/mol. The lowest BCUT2D eigenvalue weighted by molar-refractivity contribution is 0.261. The molecule has 0 atom stereocenters. The fourth-order valence-corrected chi connectivity index (χ4v) is 3.11. The van der Waals surface area contributed by atoms with Gasteiger partial charge in [0.15, 0.2) is 5.11 Å². The largest absolute Gasteiger partial charge is 0.497 e. The Morgan fingerprint density at radius 3 is 2.77 bits per heavy atom. The summed E-state index contributed by atoms with van der Waals surface area (Å²) in [6, 6.07) is 4.97. The molecule has 1 aliphatic rings. The zero-order valence-electron chi connectivity index (χ0n) is 13.4. The molecule has 0 aromatic heterocycles. The highest BCUT2D eigenvalue weighted by atomic mass is 32.1. The predicted molar refractivity (Wildman–Crippen MR) is 91.8 cm³/mol. The van der Waals surface area contributed by atoms with E-state index in [1.54, 1.807) is 13.2 Å². The maximum absolute atomic E-state index is 13.9. The summed E-state index contributed by atoms with van der Waals surface area (Å²) < 4.78 is 19.1. The number of ether oxygens (including phenoxy) is 1. The predicted octanol–water partition coefficient (Wildman–Crippen LogP) is 3.37. The molecule has 1 heterocycles. The van der Waals surface area contributed by atoms with E-state index in [4.69, 9.17) is 17.0 Å². The van der Waals surface area contributed by atoms with Gasteiger partial charge in [-0.05, 0) is 67.6 Å². The van der Waals surface area contributed by atoms with E-state index in [1.807, 2.05) is 6.07 Å². The fourth-order valence-electron chi connectivity index (χ4n) is 2.83. The molecular weight excluding hydrogens is 299 g/mol. The summed E-state index contributed by atoms with van der Waals surface area (Å²) in [5.41, 5.74) is 0.754. The van der Waals surface area contributed by atoms with Crippen molar-refractivity contribution in [3.05, 3.63) is 29.6 Å². The Labute approximate surface area is 137 Å². The molecule has 22 heavy (non-hydrogen) atoms. The third-order valence-corrected chi connectivity index (χ3v) is 4.59. The number of hydrogen-bond acceptors (Lipinski definition) is 2. The monoisotopic (exact) mass is 324 g/mol. The molecule has 1 aliphatic heterocycles. The normalized spacial score (nSPS) is 15.7. The number of likely N-dealkylation sites (tertiary alicyclic amines) is 1. The number of benzene rings is 1. The lowest BCUT2D eigenvalue weighted by atomic mass is 9.90. The standard InChI is InChI=1S/C17H25FN2OS/c1-3-8-19-17(22)20-9-6-13(7-10-20)11-14-12-15(21-2)4-5-16(14)18/h4-5,12-13H,3,6-11H2,1-2H3,(H,19,22). The topological polar surface area (TPSA) is 24.5 Å². The van der Waals surface area contributed by atoms with E-state index in [2.05, 4.69) is 17.1 Å². The number of halogens is 1. The van der Waals surface area contributed by atoms with Crippen LogP contribution >= 0.6 is 12.2 Å². The Morgan fingerprint density at radius 1 is 1.41 bits per heavy atom. The van der Waals surface area contributed by atoms with E-state index in [1.165, 1.54) is 6.07 Å². The van der Waals surface area contributed by atoms with Crippen LogP contribution in [-0.4, -0.2) is 36.8 Å². The third kappa shape index (κ3) is 4.57. The van der Waals surface area contributed by atoms with Gasteiger partial charge in [0.2, 0.25) is 0 Å². The Hall–Kier alpha value is -1.36. The highest BCUT2D eigenvalue weighted by molar-refractivity contribution is 7.80. The minimum atomic E-state index is -0.136. The summed E-state index contributed by atoms with van der Waals surface area (Å²) in [4.78, 5) is 2.23. The van der Waals surface area contributed by atoms with Crippen LogP contribution in [0.5, 0.6) is 5.75 Å². The first-order chi connectivity index (χ1) is 10.6. The molecule has 1 aromatic rings. The molecule has 0 radical (unpaired) electrons. The van der Waals surface area contributed by atoms with Crippen LogP contribution in [0.15, 0.2) is 18.2 Å². The molecule has 5 heteroatoms. The summed E-state index contributed by atoms with van der Waals surface area (Å²) in [7, 11) is 1.61. The van der Waals surface area contributed by atoms with Gasteiger partial charge in [-0.2, -0.15) is 0 Å². The van der Waals surface area contributed by atoms with Crippen molar-refractivity contribution in [1.82, 2.24) is 10.2 Å². The minimum absolute atomic E-state index is 0.136. The van der Waals surface area contributed by atoms with Gasteiger partial charge in [0.25, 0.3) is 0 Å². The van der Waals surface area contributed by atoms with Crippen molar-refractivity contribution in [2.75, 3.05) is 26.7 Å². The maximum Gasteiger partial charge on any atom is 0.168 e. The summed E-state index contributed by atoms with van der Waals surface area (Å²) in [6.07, 6.45) is 3.94. The lowest BCUT2D eigenvalue weighted by Crippen LogP contribution is -2.44. The molecule has 1 fully saturated rings.